The van der Waals surface area contributed by atoms with Gasteiger partial charge in [0.2, 0.25) is 0 Å². The Labute approximate surface area is 122 Å². The molecular formula is C12H8N4O2S2. The third-order valence-corrected chi connectivity index (χ3v) is 4.55. The van der Waals surface area contributed by atoms with E-state index in [0.29, 0.717) is 20.1 Å². The third-order valence-electron chi connectivity index (χ3n) is 2.61. The van der Waals surface area contributed by atoms with Crippen LogP contribution in [0.25, 0.3) is 10.9 Å². The molecule has 0 saturated heterocycles. The van der Waals surface area contributed by atoms with Crippen molar-refractivity contribution in [1.29, 1.82) is 0 Å². The molecule has 0 radical (unpaired) electrons. The number of aromatic nitrogens is 3. The molecule has 0 aliphatic rings. The Morgan fingerprint density at radius 3 is 2.85 bits per heavy atom. The molecule has 0 N–H and O–H groups in total. The van der Waals surface area contributed by atoms with Crippen LogP contribution in [0.5, 0.6) is 0 Å². The van der Waals surface area contributed by atoms with Crippen LogP contribution in [0.1, 0.15) is 5.01 Å². The highest BCUT2D eigenvalue weighted by Crippen LogP contribution is 2.39. The van der Waals surface area contributed by atoms with Gasteiger partial charge in [-0.2, -0.15) is 0 Å². The van der Waals surface area contributed by atoms with Crippen molar-refractivity contribution < 1.29 is 4.92 Å². The van der Waals surface area contributed by atoms with Gasteiger partial charge >= 0.3 is 0 Å². The quantitative estimate of drug-likeness (QED) is 0.544. The van der Waals surface area contributed by atoms with Gasteiger partial charge in [-0.3, -0.25) is 15.1 Å². The highest BCUT2D eigenvalue weighted by atomic mass is 32.2. The smallest absolute Gasteiger partial charge is 0.258 e. The van der Waals surface area contributed by atoms with Crippen LogP contribution >= 0.6 is 23.1 Å². The second kappa shape index (κ2) is 5.14. The van der Waals surface area contributed by atoms with Crippen LogP contribution < -0.4 is 0 Å². The molecular weight excluding hydrogens is 296 g/mol. The predicted molar refractivity (Wildman–Crippen MR) is 77.2 cm³/mol. The SMILES string of the molecule is Cc1nnc(Sc2ccc3ncccc3c2[N+](=O)[O-])s1. The zero-order valence-corrected chi connectivity index (χ0v) is 11.9. The Balaban J connectivity index is 2.15. The molecule has 2 heterocycles. The van der Waals surface area contributed by atoms with Gasteiger partial charge < -0.3 is 0 Å². The zero-order chi connectivity index (χ0) is 14.1. The highest BCUT2D eigenvalue weighted by molar-refractivity contribution is 8.01. The van der Waals surface area contributed by atoms with E-state index in [4.69, 9.17) is 0 Å². The molecule has 3 rings (SSSR count). The lowest BCUT2D eigenvalue weighted by Crippen LogP contribution is -1.93. The largest absolute Gasteiger partial charge is 0.292 e. The third kappa shape index (κ3) is 2.35. The summed E-state index contributed by atoms with van der Waals surface area (Å²) in [5, 5.41) is 20.6. The van der Waals surface area contributed by atoms with Crippen LogP contribution in [0, 0.1) is 17.0 Å². The van der Waals surface area contributed by atoms with E-state index in [1.165, 1.54) is 23.1 Å². The molecule has 0 aliphatic heterocycles. The van der Waals surface area contributed by atoms with E-state index >= 15 is 0 Å². The molecule has 0 fully saturated rings. The van der Waals surface area contributed by atoms with E-state index in [9.17, 15) is 10.1 Å². The molecule has 0 atom stereocenters. The standard InChI is InChI=1S/C12H8N4O2S2/c1-7-14-15-12(19-7)20-10-5-4-9-8(3-2-6-13-9)11(10)16(17)18/h2-6H,1H3. The van der Waals surface area contributed by atoms with Crippen molar-refractivity contribution in [3.63, 3.8) is 0 Å². The first-order valence-corrected chi connectivity index (χ1v) is 7.28. The maximum absolute atomic E-state index is 11.4. The summed E-state index contributed by atoms with van der Waals surface area (Å²) >= 11 is 2.66. The second-order valence-electron chi connectivity index (χ2n) is 3.93. The van der Waals surface area contributed by atoms with Crippen LogP contribution in [0.15, 0.2) is 39.7 Å². The molecule has 0 aliphatic carbocycles. The van der Waals surface area contributed by atoms with Gasteiger partial charge in [-0.25, -0.2) is 0 Å². The fraction of sp³-hybridized carbons (Fsp3) is 0.0833. The molecule has 0 amide bonds. The minimum atomic E-state index is -0.375. The summed E-state index contributed by atoms with van der Waals surface area (Å²) < 4.78 is 0.689. The van der Waals surface area contributed by atoms with Crippen LogP contribution in [0.2, 0.25) is 0 Å². The summed E-state index contributed by atoms with van der Waals surface area (Å²) in [4.78, 5) is 15.7. The lowest BCUT2D eigenvalue weighted by atomic mass is 10.2. The number of benzene rings is 1. The van der Waals surface area contributed by atoms with Crippen LogP contribution in [0.3, 0.4) is 0 Å². The highest BCUT2D eigenvalue weighted by Gasteiger charge is 2.20. The molecule has 6 nitrogen and oxygen atoms in total. The van der Waals surface area contributed by atoms with Gasteiger partial charge in [0.05, 0.1) is 20.7 Å². The Bertz CT molecular complexity index is 803. The number of nitro benzene ring substituents is 1. The summed E-state index contributed by atoms with van der Waals surface area (Å²) in [6.45, 7) is 1.85. The van der Waals surface area contributed by atoms with Crippen molar-refractivity contribution in [1.82, 2.24) is 15.2 Å². The van der Waals surface area contributed by atoms with E-state index in [0.717, 1.165) is 5.01 Å². The topological polar surface area (TPSA) is 81.8 Å². The lowest BCUT2D eigenvalue weighted by molar-refractivity contribution is -0.385. The van der Waals surface area contributed by atoms with Crippen molar-refractivity contribution in [3.05, 3.63) is 45.6 Å². The van der Waals surface area contributed by atoms with E-state index in [1.807, 2.05) is 6.92 Å². The molecule has 0 unspecified atom stereocenters. The second-order valence-corrected chi connectivity index (χ2v) is 6.40. The van der Waals surface area contributed by atoms with Crippen LogP contribution in [-0.2, 0) is 0 Å². The number of hydrogen-bond acceptors (Lipinski definition) is 7. The minimum Gasteiger partial charge on any atom is -0.258 e. The van der Waals surface area contributed by atoms with Gasteiger partial charge in [0, 0.05) is 6.20 Å². The number of nitro groups is 1. The Kier molecular flexibility index (Phi) is 3.33. The molecule has 8 heteroatoms. The number of fused-ring (bicyclic) bond motifs is 1. The van der Waals surface area contributed by atoms with E-state index in [-0.39, 0.29) is 10.6 Å². The van der Waals surface area contributed by atoms with Crippen LogP contribution in [0.4, 0.5) is 5.69 Å². The molecule has 2 aromatic heterocycles. The van der Waals surface area contributed by atoms with E-state index < -0.39 is 0 Å². The van der Waals surface area contributed by atoms with Gasteiger partial charge in [0.25, 0.3) is 5.69 Å². The van der Waals surface area contributed by atoms with Crippen molar-refractivity contribution in [2.45, 2.75) is 16.2 Å². The van der Waals surface area contributed by atoms with Crippen molar-refractivity contribution in [2.24, 2.45) is 0 Å². The van der Waals surface area contributed by atoms with Gasteiger partial charge in [0.15, 0.2) is 4.34 Å². The van der Waals surface area contributed by atoms with E-state index in [1.54, 1.807) is 30.5 Å². The maximum atomic E-state index is 11.4. The molecule has 0 saturated carbocycles. The first-order valence-electron chi connectivity index (χ1n) is 5.65. The number of rotatable bonds is 3. The molecule has 0 spiro atoms. The van der Waals surface area contributed by atoms with Crippen LogP contribution in [-0.4, -0.2) is 20.1 Å². The normalized spacial score (nSPS) is 10.8. The van der Waals surface area contributed by atoms with Crippen molar-refractivity contribution >= 4 is 39.7 Å². The number of nitrogens with zero attached hydrogens (tertiary/aromatic N) is 4. The maximum Gasteiger partial charge on any atom is 0.292 e. The Morgan fingerprint density at radius 2 is 2.15 bits per heavy atom. The predicted octanol–water partition coefficient (Wildman–Crippen LogP) is 3.45. The first-order chi connectivity index (χ1) is 9.65. The fourth-order valence-electron chi connectivity index (χ4n) is 1.80. The molecule has 1 aromatic carbocycles. The van der Waals surface area contributed by atoms with Gasteiger partial charge in [0.1, 0.15) is 5.01 Å². The molecule has 0 bridgehead atoms. The average molecular weight is 304 g/mol. The minimum absolute atomic E-state index is 0.0634. The summed E-state index contributed by atoms with van der Waals surface area (Å²) in [5.74, 6) is 0. The van der Waals surface area contributed by atoms with Crippen molar-refractivity contribution in [2.75, 3.05) is 0 Å². The summed E-state index contributed by atoms with van der Waals surface area (Å²) in [7, 11) is 0. The number of aryl methyl sites for hydroxylation is 1. The lowest BCUT2D eigenvalue weighted by Gasteiger charge is -2.03. The van der Waals surface area contributed by atoms with Gasteiger partial charge in [-0.05, 0) is 31.2 Å². The zero-order valence-electron chi connectivity index (χ0n) is 10.3. The van der Waals surface area contributed by atoms with Crippen molar-refractivity contribution in [3.8, 4) is 0 Å². The molecule has 100 valence electrons. The number of pyridine rings is 1. The summed E-state index contributed by atoms with van der Waals surface area (Å²) in [6, 6.07) is 6.88. The van der Waals surface area contributed by atoms with E-state index in [2.05, 4.69) is 15.2 Å². The summed E-state index contributed by atoms with van der Waals surface area (Å²) in [6.07, 6.45) is 1.62. The average Bonchev–Trinajstić information content (AvgIpc) is 2.83. The Hall–Kier alpha value is -2.06. The first kappa shape index (κ1) is 12.9. The number of hydrogen-bond donors (Lipinski definition) is 0. The van der Waals surface area contributed by atoms with Gasteiger partial charge in [-0.1, -0.05) is 23.1 Å². The fourth-order valence-corrected chi connectivity index (χ4v) is 3.70. The monoisotopic (exact) mass is 304 g/mol. The van der Waals surface area contributed by atoms with Gasteiger partial charge in [-0.15, -0.1) is 10.2 Å². The Morgan fingerprint density at radius 1 is 1.30 bits per heavy atom. The molecule has 20 heavy (non-hydrogen) atoms. The summed E-state index contributed by atoms with van der Waals surface area (Å²) in [5.41, 5.74) is 0.672. The molecule has 3 aromatic rings.